The Kier molecular flexibility index (Phi) is 6.58. The van der Waals surface area contributed by atoms with Crippen molar-refractivity contribution in [3.05, 3.63) is 71.3 Å². The number of likely N-dealkylation sites (tertiary alicyclic amines) is 1. The summed E-state index contributed by atoms with van der Waals surface area (Å²) in [5.41, 5.74) is 2.44. The van der Waals surface area contributed by atoms with Gasteiger partial charge >= 0.3 is 0 Å². The molecule has 146 valence electrons. The maximum absolute atomic E-state index is 12.5. The third kappa shape index (κ3) is 5.28. The van der Waals surface area contributed by atoms with Gasteiger partial charge in [-0.3, -0.25) is 14.4 Å². The molecule has 2 amide bonds. The maximum Gasteiger partial charge on any atom is 0.253 e. The Bertz CT molecular complexity index is 823. The molecule has 0 bridgehead atoms. The first kappa shape index (κ1) is 19.8. The van der Waals surface area contributed by atoms with Gasteiger partial charge in [-0.25, -0.2) is 0 Å². The second-order valence-corrected chi connectivity index (χ2v) is 7.29. The molecule has 0 aliphatic carbocycles. The van der Waals surface area contributed by atoms with Crippen molar-refractivity contribution in [3.8, 4) is 0 Å². The molecular weight excluding hydrogens is 352 g/mol. The van der Waals surface area contributed by atoms with Crippen molar-refractivity contribution in [2.75, 3.05) is 13.1 Å². The summed E-state index contributed by atoms with van der Waals surface area (Å²) in [5.74, 6) is -0.0826. The lowest BCUT2D eigenvalue weighted by atomic mass is 10.0. The van der Waals surface area contributed by atoms with Gasteiger partial charge in [0.15, 0.2) is 5.78 Å². The molecule has 1 fully saturated rings. The SMILES string of the molecule is Cc1ccc(C(=O)CCC(=O)NC2CCN(C(=O)c3ccccc3)CC2)cc1. The van der Waals surface area contributed by atoms with Gasteiger partial charge in [0.2, 0.25) is 5.91 Å². The fraction of sp³-hybridized carbons (Fsp3) is 0.348. The van der Waals surface area contributed by atoms with E-state index in [0.29, 0.717) is 24.2 Å². The Labute approximate surface area is 165 Å². The van der Waals surface area contributed by atoms with E-state index in [2.05, 4.69) is 5.32 Å². The van der Waals surface area contributed by atoms with Crippen LogP contribution in [0.2, 0.25) is 0 Å². The lowest BCUT2D eigenvalue weighted by Gasteiger charge is -2.32. The number of piperidine rings is 1. The number of rotatable bonds is 6. The van der Waals surface area contributed by atoms with Gasteiger partial charge in [-0.15, -0.1) is 0 Å². The zero-order chi connectivity index (χ0) is 19.9. The lowest BCUT2D eigenvalue weighted by molar-refractivity contribution is -0.122. The summed E-state index contributed by atoms with van der Waals surface area (Å²) in [7, 11) is 0. The average molecular weight is 378 g/mol. The topological polar surface area (TPSA) is 66.5 Å². The van der Waals surface area contributed by atoms with Gasteiger partial charge in [-0.2, -0.15) is 0 Å². The number of nitrogens with zero attached hydrogens (tertiary/aromatic N) is 1. The molecule has 0 unspecified atom stereocenters. The van der Waals surface area contributed by atoms with Gasteiger partial charge < -0.3 is 10.2 Å². The third-order valence-corrected chi connectivity index (χ3v) is 5.12. The minimum absolute atomic E-state index is 0.0153. The fourth-order valence-corrected chi connectivity index (χ4v) is 3.40. The van der Waals surface area contributed by atoms with Crippen LogP contribution in [0, 0.1) is 6.92 Å². The summed E-state index contributed by atoms with van der Waals surface area (Å²) in [4.78, 5) is 38.7. The Hall–Kier alpha value is -2.95. The summed E-state index contributed by atoms with van der Waals surface area (Å²) in [5, 5.41) is 3.00. The van der Waals surface area contributed by atoms with Crippen molar-refractivity contribution in [1.29, 1.82) is 0 Å². The lowest BCUT2D eigenvalue weighted by Crippen LogP contribution is -2.46. The molecular formula is C23H26N2O3. The van der Waals surface area contributed by atoms with Crippen LogP contribution in [-0.4, -0.2) is 41.6 Å². The van der Waals surface area contributed by atoms with Crippen molar-refractivity contribution in [2.45, 2.75) is 38.6 Å². The molecule has 1 saturated heterocycles. The van der Waals surface area contributed by atoms with E-state index in [-0.39, 0.29) is 36.5 Å². The van der Waals surface area contributed by atoms with Gasteiger partial charge in [-0.1, -0.05) is 48.0 Å². The van der Waals surface area contributed by atoms with Crippen molar-refractivity contribution >= 4 is 17.6 Å². The van der Waals surface area contributed by atoms with E-state index >= 15 is 0 Å². The van der Waals surface area contributed by atoms with E-state index < -0.39 is 0 Å². The number of hydrogen-bond acceptors (Lipinski definition) is 3. The number of aryl methyl sites for hydroxylation is 1. The van der Waals surface area contributed by atoms with Crippen LogP contribution in [0.1, 0.15) is 52.0 Å². The van der Waals surface area contributed by atoms with Crippen LogP contribution in [-0.2, 0) is 4.79 Å². The van der Waals surface area contributed by atoms with Crippen LogP contribution in [0.25, 0.3) is 0 Å². The van der Waals surface area contributed by atoms with E-state index in [1.807, 2.05) is 54.3 Å². The van der Waals surface area contributed by atoms with E-state index in [1.165, 1.54) is 0 Å². The number of hydrogen-bond donors (Lipinski definition) is 1. The van der Waals surface area contributed by atoms with Crippen LogP contribution < -0.4 is 5.32 Å². The van der Waals surface area contributed by atoms with Crippen LogP contribution in [0.3, 0.4) is 0 Å². The first-order valence-corrected chi connectivity index (χ1v) is 9.76. The molecule has 0 spiro atoms. The number of amides is 2. The number of nitrogens with one attached hydrogen (secondary N) is 1. The summed E-state index contributed by atoms with van der Waals surface area (Å²) < 4.78 is 0. The van der Waals surface area contributed by atoms with Crippen LogP contribution >= 0.6 is 0 Å². The van der Waals surface area contributed by atoms with Crippen molar-refractivity contribution in [3.63, 3.8) is 0 Å². The molecule has 28 heavy (non-hydrogen) atoms. The summed E-state index contributed by atoms with van der Waals surface area (Å²) in [6, 6.07) is 16.7. The molecule has 0 saturated carbocycles. The number of ketones is 1. The van der Waals surface area contributed by atoms with E-state index in [9.17, 15) is 14.4 Å². The monoisotopic (exact) mass is 378 g/mol. The zero-order valence-corrected chi connectivity index (χ0v) is 16.2. The molecule has 5 heteroatoms. The average Bonchev–Trinajstić information content (AvgIpc) is 2.73. The minimum Gasteiger partial charge on any atom is -0.353 e. The predicted molar refractivity (Wildman–Crippen MR) is 108 cm³/mol. The van der Waals surface area contributed by atoms with Gasteiger partial charge in [0.05, 0.1) is 0 Å². The van der Waals surface area contributed by atoms with E-state index in [0.717, 1.165) is 18.4 Å². The second-order valence-electron chi connectivity index (χ2n) is 7.29. The molecule has 0 radical (unpaired) electrons. The third-order valence-electron chi connectivity index (χ3n) is 5.12. The van der Waals surface area contributed by atoms with Gasteiger partial charge in [0.1, 0.15) is 0 Å². The Morgan fingerprint density at radius 1 is 0.893 bits per heavy atom. The summed E-state index contributed by atoms with van der Waals surface area (Å²) in [6.07, 6.45) is 1.86. The van der Waals surface area contributed by atoms with Crippen molar-refractivity contribution in [1.82, 2.24) is 10.2 Å². The fourth-order valence-electron chi connectivity index (χ4n) is 3.40. The Morgan fingerprint density at radius 2 is 1.54 bits per heavy atom. The van der Waals surface area contributed by atoms with Gasteiger partial charge in [-0.05, 0) is 31.9 Å². The van der Waals surface area contributed by atoms with Crippen molar-refractivity contribution < 1.29 is 14.4 Å². The smallest absolute Gasteiger partial charge is 0.253 e. The number of carbonyl (C=O) groups is 3. The van der Waals surface area contributed by atoms with E-state index in [1.54, 1.807) is 12.1 Å². The van der Waals surface area contributed by atoms with E-state index in [4.69, 9.17) is 0 Å². The highest BCUT2D eigenvalue weighted by Gasteiger charge is 2.24. The molecule has 5 nitrogen and oxygen atoms in total. The van der Waals surface area contributed by atoms with Gasteiger partial charge in [0, 0.05) is 43.1 Å². The number of carbonyl (C=O) groups excluding carboxylic acids is 3. The zero-order valence-electron chi connectivity index (χ0n) is 16.2. The maximum atomic E-state index is 12.5. The standard InChI is InChI=1S/C23H26N2O3/c1-17-7-9-18(10-8-17)21(26)11-12-22(27)24-20-13-15-25(16-14-20)23(28)19-5-3-2-4-6-19/h2-10,20H,11-16H2,1H3,(H,24,27). The summed E-state index contributed by atoms with van der Waals surface area (Å²) in [6.45, 7) is 3.22. The summed E-state index contributed by atoms with van der Waals surface area (Å²) >= 11 is 0. The first-order valence-electron chi connectivity index (χ1n) is 9.76. The molecule has 0 atom stereocenters. The molecule has 1 heterocycles. The van der Waals surface area contributed by atoms with Crippen LogP contribution in [0.15, 0.2) is 54.6 Å². The molecule has 2 aromatic rings. The largest absolute Gasteiger partial charge is 0.353 e. The predicted octanol–water partition coefficient (Wildman–Crippen LogP) is 3.38. The highest BCUT2D eigenvalue weighted by Crippen LogP contribution is 2.15. The highest BCUT2D eigenvalue weighted by molar-refractivity contribution is 5.98. The Morgan fingerprint density at radius 3 is 2.18 bits per heavy atom. The van der Waals surface area contributed by atoms with Gasteiger partial charge in [0.25, 0.3) is 5.91 Å². The van der Waals surface area contributed by atoms with Crippen molar-refractivity contribution in [2.24, 2.45) is 0 Å². The quantitative estimate of drug-likeness (QED) is 0.784. The molecule has 0 aromatic heterocycles. The second kappa shape index (κ2) is 9.31. The molecule has 2 aromatic carbocycles. The minimum atomic E-state index is -0.103. The molecule has 1 aliphatic heterocycles. The Balaban J connectivity index is 1.40. The molecule has 1 N–H and O–H groups in total. The molecule has 1 aliphatic rings. The first-order chi connectivity index (χ1) is 13.5. The van der Waals surface area contributed by atoms with Crippen LogP contribution in [0.4, 0.5) is 0 Å². The molecule has 3 rings (SSSR count). The normalized spacial score (nSPS) is 14.5. The highest BCUT2D eigenvalue weighted by atomic mass is 16.2. The number of benzene rings is 2. The number of Topliss-reactive ketones (excluding diaryl/α,β-unsaturated/α-hetero) is 1. The van der Waals surface area contributed by atoms with Crippen LogP contribution in [0.5, 0.6) is 0 Å².